The maximum absolute atomic E-state index is 12.9. The quantitative estimate of drug-likeness (QED) is 0.754. The van der Waals surface area contributed by atoms with Gasteiger partial charge in [-0.3, -0.25) is 4.79 Å². The van der Waals surface area contributed by atoms with Gasteiger partial charge in [-0.2, -0.15) is 0 Å². The molecular weight excluding hydrogens is 392 g/mol. The van der Waals surface area contributed by atoms with E-state index < -0.39 is 55.4 Å². The van der Waals surface area contributed by atoms with Gasteiger partial charge in [0, 0.05) is 11.8 Å². The predicted octanol–water partition coefficient (Wildman–Crippen LogP) is 2.41. The molecule has 0 unspecified atom stereocenters. The number of fused-ring (bicyclic) bond motifs is 3. The van der Waals surface area contributed by atoms with E-state index in [1.165, 1.54) is 19.2 Å². The first kappa shape index (κ1) is 13.2. The summed E-state index contributed by atoms with van der Waals surface area (Å²) in [7, 11) is -4.62. The molecule has 8 nitrogen and oxygen atoms in total. The highest BCUT2D eigenvalue weighted by Gasteiger charge is 2.52. The van der Waals surface area contributed by atoms with Gasteiger partial charge >= 0.3 is 5.97 Å². The van der Waals surface area contributed by atoms with E-state index in [2.05, 4.69) is 0 Å². The van der Waals surface area contributed by atoms with Crippen LogP contribution in [0.5, 0.6) is 28.7 Å². The Balaban J connectivity index is 1.72. The number of carbonyl (C=O) groups is 1. The average molecular weight is 420 g/mol. The molecule has 30 heavy (non-hydrogen) atoms. The second-order valence-corrected chi connectivity index (χ2v) is 7.33. The maximum Gasteiger partial charge on any atom is 0.310 e. The highest BCUT2D eigenvalue weighted by atomic mass is 16.7. The molecule has 0 saturated carbocycles. The molecule has 0 amide bonds. The Kier molecular flexibility index (Phi) is 3.08. The Labute approximate surface area is 181 Å². The zero-order chi connectivity index (χ0) is 26.0. The number of hydrogen-bond donors (Lipinski definition) is 1. The molecule has 2 heterocycles. The lowest BCUT2D eigenvalue weighted by Gasteiger charge is -2.37. The number of esters is 1. The Morgan fingerprint density at radius 2 is 1.70 bits per heavy atom. The summed E-state index contributed by atoms with van der Waals surface area (Å²) < 4.78 is 76.8. The van der Waals surface area contributed by atoms with Crippen LogP contribution in [0, 0.1) is 11.8 Å². The van der Waals surface area contributed by atoms with Crippen LogP contribution in [0.15, 0.2) is 24.3 Å². The number of aliphatic hydroxyl groups is 1. The number of aliphatic hydroxyl groups excluding tert-OH is 1. The van der Waals surface area contributed by atoms with Gasteiger partial charge in [0.1, 0.15) is 0 Å². The lowest BCUT2D eigenvalue weighted by atomic mass is 9.66. The maximum atomic E-state index is 12.9. The first-order valence-corrected chi connectivity index (χ1v) is 9.24. The van der Waals surface area contributed by atoms with E-state index >= 15 is 0 Å². The molecule has 0 spiro atoms. The molecule has 1 fully saturated rings. The minimum absolute atomic E-state index is 0.000556. The molecule has 1 N–H and O–H groups in total. The molecule has 2 aliphatic heterocycles. The van der Waals surface area contributed by atoms with E-state index in [1.807, 2.05) is 0 Å². The summed E-state index contributed by atoms with van der Waals surface area (Å²) in [5, 5.41) is 11.1. The van der Waals surface area contributed by atoms with Gasteiger partial charge in [0.25, 0.3) is 0 Å². The van der Waals surface area contributed by atoms with Crippen LogP contribution in [0.3, 0.4) is 0 Å². The molecule has 2 aromatic carbocycles. The van der Waals surface area contributed by atoms with Crippen LogP contribution in [-0.4, -0.2) is 45.7 Å². The monoisotopic (exact) mass is 420 g/mol. The van der Waals surface area contributed by atoms with E-state index in [0.717, 1.165) is 0 Å². The van der Waals surface area contributed by atoms with Crippen molar-refractivity contribution in [2.45, 2.75) is 12.0 Å². The van der Waals surface area contributed by atoms with Crippen LogP contribution in [0.25, 0.3) is 0 Å². The van der Waals surface area contributed by atoms with Crippen LogP contribution in [0.2, 0.25) is 0 Å². The molecule has 158 valence electrons. The minimum atomic E-state index is -2.95. The third-order valence-electron chi connectivity index (χ3n) is 5.98. The first-order chi connectivity index (χ1) is 16.9. The Bertz CT molecular complexity index is 1210. The first-order valence-electron chi connectivity index (χ1n) is 12.2. The fraction of sp³-hybridized carbons (Fsp3) is 0.409. The zero-order valence-electron chi connectivity index (χ0n) is 21.8. The van der Waals surface area contributed by atoms with Crippen LogP contribution in [-0.2, 0) is 9.53 Å². The smallest absolute Gasteiger partial charge is 0.310 e. The standard InChI is InChI=1S/C22H22O8/c1-25-16-4-10(5-17(26-2)21(16)27-3)18-11-6-14-15(30-9-29-14)7-12(11)20(23)13-8-28-22(24)19(13)18/h4-7,13,18-20,23H,8-9H2,1-3H3/t13-,18+,19-,20-/m0/s1/i1D3,3D3. The van der Waals surface area contributed by atoms with Crippen molar-refractivity contribution in [1.82, 2.24) is 0 Å². The van der Waals surface area contributed by atoms with E-state index in [-0.39, 0.29) is 19.1 Å². The number of cyclic esters (lactones) is 1. The number of carbonyl (C=O) groups excluding carboxylic acids is 1. The summed E-state index contributed by atoms with van der Waals surface area (Å²) >= 11 is 0. The molecule has 5 rings (SSSR count). The number of ether oxygens (including phenoxy) is 6. The summed E-state index contributed by atoms with van der Waals surface area (Å²) in [5.41, 5.74) is 1.41. The summed E-state index contributed by atoms with van der Waals surface area (Å²) in [6.45, 7) is -0.00943. The van der Waals surface area contributed by atoms with Crippen LogP contribution >= 0.6 is 0 Å². The summed E-state index contributed by atoms with van der Waals surface area (Å²) in [6.07, 6.45) is -1.03. The lowest BCUT2D eigenvalue weighted by Crippen LogP contribution is -2.34. The van der Waals surface area contributed by atoms with Crippen molar-refractivity contribution >= 4 is 5.97 Å². The Morgan fingerprint density at radius 1 is 1.00 bits per heavy atom. The molecular formula is C22H22O8. The Morgan fingerprint density at radius 3 is 2.40 bits per heavy atom. The van der Waals surface area contributed by atoms with E-state index in [4.69, 9.17) is 36.6 Å². The van der Waals surface area contributed by atoms with Gasteiger partial charge in [-0.1, -0.05) is 0 Å². The number of methoxy groups -OCH3 is 3. The molecule has 1 saturated heterocycles. The van der Waals surface area contributed by atoms with Gasteiger partial charge in [0.2, 0.25) is 12.5 Å². The molecule has 0 aromatic heterocycles. The van der Waals surface area contributed by atoms with Gasteiger partial charge in [-0.25, -0.2) is 0 Å². The summed E-state index contributed by atoms with van der Waals surface area (Å²) in [5.74, 6) is -2.77. The molecule has 0 bridgehead atoms. The van der Waals surface area contributed by atoms with Gasteiger partial charge in [0.05, 0.1) is 48.0 Å². The molecule has 8 heteroatoms. The van der Waals surface area contributed by atoms with Gasteiger partial charge < -0.3 is 33.5 Å². The number of benzene rings is 2. The van der Waals surface area contributed by atoms with Crippen molar-refractivity contribution in [2.24, 2.45) is 11.8 Å². The largest absolute Gasteiger partial charge is 0.493 e. The van der Waals surface area contributed by atoms with Crippen LogP contribution in [0.4, 0.5) is 0 Å². The van der Waals surface area contributed by atoms with Crippen molar-refractivity contribution in [3.8, 4) is 28.7 Å². The second kappa shape index (κ2) is 6.98. The van der Waals surface area contributed by atoms with Crippen molar-refractivity contribution < 1.29 is 46.5 Å². The highest BCUT2D eigenvalue weighted by Crippen LogP contribution is 2.55. The van der Waals surface area contributed by atoms with Crippen LogP contribution in [0.1, 0.15) is 36.9 Å². The van der Waals surface area contributed by atoms with Gasteiger partial charge in [-0.05, 0) is 41.0 Å². The fourth-order valence-electron chi connectivity index (χ4n) is 4.64. The van der Waals surface area contributed by atoms with Crippen molar-refractivity contribution in [3.63, 3.8) is 0 Å². The molecule has 0 radical (unpaired) electrons. The molecule has 3 aliphatic rings. The van der Waals surface area contributed by atoms with E-state index in [0.29, 0.717) is 28.2 Å². The van der Waals surface area contributed by atoms with Crippen molar-refractivity contribution in [3.05, 3.63) is 41.0 Å². The van der Waals surface area contributed by atoms with E-state index in [9.17, 15) is 9.90 Å². The second-order valence-electron chi connectivity index (χ2n) is 7.33. The van der Waals surface area contributed by atoms with Gasteiger partial charge in [-0.15, -0.1) is 0 Å². The topological polar surface area (TPSA) is 92.7 Å². The SMILES string of the molecule is [2H]C([2H])([2H])Oc1cc([C@@H]2c3cc4c(cc3[C@H](O)[C@H]3COC(=O)[C@H]23)OCO4)cc(OC)c1OC([2H])([2H])[2H]. The third-order valence-corrected chi connectivity index (χ3v) is 5.98. The summed E-state index contributed by atoms with van der Waals surface area (Å²) in [4.78, 5) is 12.9. The van der Waals surface area contributed by atoms with Crippen molar-refractivity contribution in [1.29, 1.82) is 0 Å². The fourth-order valence-corrected chi connectivity index (χ4v) is 4.64. The molecule has 4 atom stereocenters. The number of rotatable bonds is 4. The predicted molar refractivity (Wildman–Crippen MR) is 103 cm³/mol. The lowest BCUT2D eigenvalue weighted by molar-refractivity contribution is -0.141. The van der Waals surface area contributed by atoms with Crippen LogP contribution < -0.4 is 23.7 Å². The Hall–Kier alpha value is -3.13. The molecule has 2 aromatic rings. The van der Waals surface area contributed by atoms with Crippen molar-refractivity contribution in [2.75, 3.05) is 34.6 Å². The zero-order valence-corrected chi connectivity index (χ0v) is 15.8. The molecule has 1 aliphatic carbocycles. The third kappa shape index (κ3) is 2.60. The highest BCUT2D eigenvalue weighted by molar-refractivity contribution is 5.79. The minimum Gasteiger partial charge on any atom is -0.493 e. The average Bonchev–Trinajstić information content (AvgIpc) is 3.39. The van der Waals surface area contributed by atoms with Gasteiger partial charge in [0.15, 0.2) is 23.0 Å². The normalized spacial score (nSPS) is 29.7. The number of hydrogen-bond acceptors (Lipinski definition) is 8. The van der Waals surface area contributed by atoms with E-state index in [1.54, 1.807) is 12.1 Å². The summed E-state index contributed by atoms with van der Waals surface area (Å²) in [6, 6.07) is 6.07.